The average Bonchev–Trinajstić information content (AvgIpc) is 2.17. The molecule has 62 valence electrons. The van der Waals surface area contributed by atoms with E-state index in [1.807, 2.05) is 18.5 Å². The molecule has 0 atom stereocenters. The number of anilines is 1. The quantitative estimate of drug-likeness (QED) is 0.666. The molecule has 3 nitrogen and oxygen atoms in total. The molecule has 0 aromatic carbocycles. The van der Waals surface area contributed by atoms with E-state index >= 15 is 0 Å². The Bertz CT molecular complexity index is 261. The maximum atomic E-state index is 5.80. The Hall–Kier alpha value is -0.990. The van der Waals surface area contributed by atoms with Crippen molar-refractivity contribution in [2.45, 2.75) is 33.7 Å². The highest BCUT2D eigenvalue weighted by Gasteiger charge is 2.09. The number of hydrogen-bond acceptors (Lipinski definition) is 2. The Morgan fingerprint density at radius 2 is 1.91 bits per heavy atom. The highest BCUT2D eigenvalue weighted by Crippen LogP contribution is 2.18. The zero-order chi connectivity index (χ0) is 8.59. The zero-order valence-corrected chi connectivity index (χ0v) is 7.55. The summed E-state index contributed by atoms with van der Waals surface area (Å²) in [7, 11) is 0. The molecule has 3 heteroatoms. The summed E-state index contributed by atoms with van der Waals surface area (Å²) in [6.45, 7) is 8.12. The average molecular weight is 153 g/mol. The standard InChI is InChI=1S/C8H15N3/c1-5(2)11-8(9)6(3)7(4)10-11/h5H,9H2,1-4H3. The Morgan fingerprint density at radius 3 is 2.09 bits per heavy atom. The van der Waals surface area contributed by atoms with E-state index in [0.717, 1.165) is 17.1 Å². The molecular formula is C8H15N3. The van der Waals surface area contributed by atoms with Crippen LogP contribution in [0, 0.1) is 13.8 Å². The number of aryl methyl sites for hydroxylation is 1. The Morgan fingerprint density at radius 1 is 1.36 bits per heavy atom. The van der Waals surface area contributed by atoms with E-state index in [-0.39, 0.29) is 0 Å². The maximum absolute atomic E-state index is 5.80. The van der Waals surface area contributed by atoms with Crippen LogP contribution in [0.1, 0.15) is 31.1 Å². The highest BCUT2D eigenvalue weighted by atomic mass is 15.3. The molecule has 0 spiro atoms. The van der Waals surface area contributed by atoms with E-state index in [2.05, 4.69) is 18.9 Å². The van der Waals surface area contributed by atoms with Gasteiger partial charge in [-0.25, -0.2) is 4.68 Å². The van der Waals surface area contributed by atoms with Crippen LogP contribution in [-0.4, -0.2) is 9.78 Å². The lowest BCUT2D eigenvalue weighted by atomic mass is 10.3. The van der Waals surface area contributed by atoms with E-state index in [1.54, 1.807) is 0 Å². The number of nitrogens with two attached hydrogens (primary N) is 1. The SMILES string of the molecule is Cc1nn(C(C)C)c(N)c1C. The van der Waals surface area contributed by atoms with E-state index in [1.165, 1.54) is 0 Å². The minimum Gasteiger partial charge on any atom is -0.384 e. The van der Waals surface area contributed by atoms with Crippen molar-refractivity contribution < 1.29 is 0 Å². The van der Waals surface area contributed by atoms with Gasteiger partial charge in [-0.1, -0.05) is 0 Å². The van der Waals surface area contributed by atoms with Crippen molar-refractivity contribution in [3.05, 3.63) is 11.3 Å². The molecule has 0 radical (unpaired) electrons. The molecular weight excluding hydrogens is 138 g/mol. The fraction of sp³-hybridized carbons (Fsp3) is 0.625. The Labute approximate surface area is 67.2 Å². The number of hydrogen-bond donors (Lipinski definition) is 1. The van der Waals surface area contributed by atoms with Crippen molar-refractivity contribution in [1.29, 1.82) is 0 Å². The van der Waals surface area contributed by atoms with Gasteiger partial charge in [-0.15, -0.1) is 0 Å². The second-order valence-corrected chi connectivity index (χ2v) is 3.13. The molecule has 1 aromatic heterocycles. The lowest BCUT2D eigenvalue weighted by Gasteiger charge is -2.06. The van der Waals surface area contributed by atoms with Crippen LogP contribution in [0.4, 0.5) is 5.82 Å². The first-order valence-corrected chi connectivity index (χ1v) is 3.85. The summed E-state index contributed by atoms with van der Waals surface area (Å²) in [5.41, 5.74) is 7.93. The molecule has 2 N–H and O–H groups in total. The fourth-order valence-electron chi connectivity index (χ4n) is 1.04. The predicted octanol–water partition coefficient (Wildman–Crippen LogP) is 1.66. The first kappa shape index (κ1) is 8.11. The summed E-state index contributed by atoms with van der Waals surface area (Å²) in [5.74, 6) is 0.789. The van der Waals surface area contributed by atoms with E-state index in [9.17, 15) is 0 Å². The highest BCUT2D eigenvalue weighted by molar-refractivity contribution is 5.41. The number of nitrogen functional groups attached to an aromatic ring is 1. The van der Waals surface area contributed by atoms with Crippen LogP contribution < -0.4 is 5.73 Å². The van der Waals surface area contributed by atoms with Gasteiger partial charge in [0, 0.05) is 11.6 Å². The molecule has 0 bridgehead atoms. The third-order valence-corrected chi connectivity index (χ3v) is 1.92. The Balaban J connectivity index is 3.19. The minimum atomic E-state index is 0.349. The first-order chi connectivity index (χ1) is 5.04. The number of rotatable bonds is 1. The molecule has 1 aromatic rings. The van der Waals surface area contributed by atoms with Gasteiger partial charge in [-0.05, 0) is 27.7 Å². The maximum Gasteiger partial charge on any atom is 0.125 e. The van der Waals surface area contributed by atoms with Crippen molar-refractivity contribution in [3.63, 3.8) is 0 Å². The summed E-state index contributed by atoms with van der Waals surface area (Å²) in [5, 5.41) is 4.30. The fourth-order valence-corrected chi connectivity index (χ4v) is 1.04. The van der Waals surface area contributed by atoms with Crippen LogP contribution in [-0.2, 0) is 0 Å². The van der Waals surface area contributed by atoms with Gasteiger partial charge in [-0.3, -0.25) is 0 Å². The van der Waals surface area contributed by atoms with Gasteiger partial charge in [-0.2, -0.15) is 5.10 Å². The van der Waals surface area contributed by atoms with Crippen molar-refractivity contribution in [1.82, 2.24) is 9.78 Å². The zero-order valence-electron chi connectivity index (χ0n) is 7.55. The van der Waals surface area contributed by atoms with E-state index < -0.39 is 0 Å². The van der Waals surface area contributed by atoms with Gasteiger partial charge < -0.3 is 5.73 Å². The van der Waals surface area contributed by atoms with Gasteiger partial charge in [0.15, 0.2) is 0 Å². The van der Waals surface area contributed by atoms with Crippen LogP contribution in [0.3, 0.4) is 0 Å². The van der Waals surface area contributed by atoms with Gasteiger partial charge >= 0.3 is 0 Å². The van der Waals surface area contributed by atoms with Crippen molar-refractivity contribution >= 4 is 5.82 Å². The lowest BCUT2D eigenvalue weighted by molar-refractivity contribution is 0.537. The summed E-state index contributed by atoms with van der Waals surface area (Å²) in [6.07, 6.45) is 0. The van der Waals surface area contributed by atoms with E-state index in [4.69, 9.17) is 5.73 Å². The van der Waals surface area contributed by atoms with E-state index in [0.29, 0.717) is 6.04 Å². The summed E-state index contributed by atoms with van der Waals surface area (Å²) >= 11 is 0. The Kier molecular flexibility index (Phi) is 1.89. The summed E-state index contributed by atoms with van der Waals surface area (Å²) in [4.78, 5) is 0. The van der Waals surface area contributed by atoms with Gasteiger partial charge in [0.2, 0.25) is 0 Å². The summed E-state index contributed by atoms with van der Waals surface area (Å²) in [6, 6.07) is 0.349. The third-order valence-electron chi connectivity index (χ3n) is 1.92. The second kappa shape index (κ2) is 2.57. The van der Waals surface area contributed by atoms with Crippen LogP contribution in [0.2, 0.25) is 0 Å². The first-order valence-electron chi connectivity index (χ1n) is 3.85. The van der Waals surface area contributed by atoms with Crippen molar-refractivity contribution in [3.8, 4) is 0 Å². The third kappa shape index (κ3) is 1.23. The molecule has 1 rings (SSSR count). The molecule has 0 saturated carbocycles. The normalized spacial score (nSPS) is 11.0. The van der Waals surface area contributed by atoms with Gasteiger partial charge in [0.05, 0.1) is 5.69 Å². The second-order valence-electron chi connectivity index (χ2n) is 3.13. The monoisotopic (exact) mass is 153 g/mol. The van der Waals surface area contributed by atoms with Crippen molar-refractivity contribution in [2.24, 2.45) is 0 Å². The number of nitrogens with zero attached hydrogens (tertiary/aromatic N) is 2. The topological polar surface area (TPSA) is 43.8 Å². The minimum absolute atomic E-state index is 0.349. The molecule has 0 amide bonds. The van der Waals surface area contributed by atoms with Crippen LogP contribution >= 0.6 is 0 Å². The molecule has 0 aliphatic rings. The molecule has 1 heterocycles. The van der Waals surface area contributed by atoms with Crippen LogP contribution in [0.5, 0.6) is 0 Å². The summed E-state index contributed by atoms with van der Waals surface area (Å²) < 4.78 is 1.85. The van der Waals surface area contributed by atoms with Crippen LogP contribution in [0.25, 0.3) is 0 Å². The van der Waals surface area contributed by atoms with Gasteiger partial charge in [0.1, 0.15) is 5.82 Å². The largest absolute Gasteiger partial charge is 0.384 e. The molecule has 0 fully saturated rings. The molecule has 0 aliphatic heterocycles. The van der Waals surface area contributed by atoms with Gasteiger partial charge in [0.25, 0.3) is 0 Å². The number of aromatic nitrogens is 2. The molecule has 0 unspecified atom stereocenters. The molecule has 0 saturated heterocycles. The van der Waals surface area contributed by atoms with Crippen molar-refractivity contribution in [2.75, 3.05) is 5.73 Å². The predicted molar refractivity (Wildman–Crippen MR) is 46.5 cm³/mol. The smallest absolute Gasteiger partial charge is 0.125 e. The lowest BCUT2D eigenvalue weighted by Crippen LogP contribution is -2.07. The molecule has 11 heavy (non-hydrogen) atoms. The van der Waals surface area contributed by atoms with Crippen LogP contribution in [0.15, 0.2) is 0 Å². The molecule has 0 aliphatic carbocycles.